The van der Waals surface area contributed by atoms with Gasteiger partial charge in [-0.15, -0.1) is 0 Å². The molecule has 142 valence electrons. The lowest BCUT2D eigenvalue weighted by Crippen LogP contribution is -2.53. The van der Waals surface area contributed by atoms with Crippen molar-refractivity contribution in [1.82, 2.24) is 0 Å². The molecule has 4 saturated carbocycles. The van der Waals surface area contributed by atoms with Crippen molar-refractivity contribution in [3.63, 3.8) is 0 Å². The zero-order valence-electron chi connectivity index (χ0n) is 16.2. The number of fused-ring (bicyclic) bond motifs is 6. The van der Waals surface area contributed by atoms with Crippen molar-refractivity contribution in [2.45, 2.75) is 77.4 Å². The second-order valence-electron chi connectivity index (χ2n) is 10.8. The Morgan fingerprint density at radius 3 is 2.65 bits per heavy atom. The van der Waals surface area contributed by atoms with E-state index in [2.05, 4.69) is 13.8 Å². The summed E-state index contributed by atoms with van der Waals surface area (Å²) in [5, 5.41) is 0. The molecule has 0 spiro atoms. The summed E-state index contributed by atoms with van der Waals surface area (Å²) < 4.78 is 11.2. The number of carbonyl (C=O) groups excluding carboxylic acids is 1. The highest BCUT2D eigenvalue weighted by atomic mass is 16.6. The minimum atomic E-state index is -0.116. The number of epoxide rings is 1. The molecule has 0 radical (unpaired) electrons. The van der Waals surface area contributed by atoms with E-state index in [1.807, 2.05) is 6.08 Å². The van der Waals surface area contributed by atoms with Crippen LogP contribution in [0.3, 0.4) is 0 Å². The van der Waals surface area contributed by atoms with E-state index in [0.717, 1.165) is 23.7 Å². The molecule has 9 atom stereocenters. The van der Waals surface area contributed by atoms with Crippen LogP contribution in [0.5, 0.6) is 0 Å². The molecule has 5 fully saturated rings. The maximum absolute atomic E-state index is 11.6. The summed E-state index contributed by atoms with van der Waals surface area (Å²) in [7, 11) is 0. The van der Waals surface area contributed by atoms with Crippen LogP contribution in [0.15, 0.2) is 11.6 Å². The van der Waals surface area contributed by atoms with Crippen molar-refractivity contribution in [2.24, 2.45) is 40.4 Å². The van der Waals surface area contributed by atoms with E-state index in [1.165, 1.54) is 56.9 Å². The first-order valence-electron chi connectivity index (χ1n) is 11.0. The van der Waals surface area contributed by atoms with Crippen LogP contribution in [0.1, 0.15) is 65.2 Å². The van der Waals surface area contributed by atoms with Gasteiger partial charge in [-0.2, -0.15) is 0 Å². The van der Waals surface area contributed by atoms with Gasteiger partial charge in [-0.25, -0.2) is 4.79 Å². The van der Waals surface area contributed by atoms with Gasteiger partial charge in [-0.1, -0.05) is 13.8 Å². The average Bonchev–Trinajstić information content (AvgIpc) is 3.04. The summed E-state index contributed by atoms with van der Waals surface area (Å²) in [6.45, 7) is 5.72. The van der Waals surface area contributed by atoms with Gasteiger partial charge in [0, 0.05) is 6.08 Å². The predicted octanol–water partition coefficient (Wildman–Crippen LogP) is 4.51. The van der Waals surface area contributed by atoms with Gasteiger partial charge in [0.2, 0.25) is 0 Å². The summed E-state index contributed by atoms with van der Waals surface area (Å²) in [6, 6.07) is 0. The molecule has 6 aliphatic rings. The molecule has 3 nitrogen and oxygen atoms in total. The lowest BCUT2D eigenvalue weighted by Gasteiger charge is -2.60. The summed E-state index contributed by atoms with van der Waals surface area (Å²) in [6.07, 6.45) is 13.9. The number of hydrogen-bond acceptors (Lipinski definition) is 3. The third-order valence-corrected chi connectivity index (χ3v) is 10.0. The Balaban J connectivity index is 1.30. The first-order chi connectivity index (χ1) is 12.5. The van der Waals surface area contributed by atoms with E-state index < -0.39 is 0 Å². The number of ether oxygens (including phenoxy) is 2. The number of cyclic esters (lactones) is 1. The van der Waals surface area contributed by atoms with E-state index in [1.54, 1.807) is 0 Å². The first kappa shape index (κ1) is 16.2. The zero-order chi connectivity index (χ0) is 17.7. The Hall–Kier alpha value is -0.830. The number of hydrogen-bond donors (Lipinski definition) is 0. The van der Waals surface area contributed by atoms with Gasteiger partial charge in [-0.05, 0) is 97.4 Å². The van der Waals surface area contributed by atoms with Crippen LogP contribution in [-0.2, 0) is 14.3 Å². The van der Waals surface area contributed by atoms with E-state index in [9.17, 15) is 4.79 Å². The third-order valence-electron chi connectivity index (χ3n) is 10.0. The summed E-state index contributed by atoms with van der Waals surface area (Å²) in [5.74, 6) is 4.01. The number of esters is 1. The Kier molecular flexibility index (Phi) is 3.20. The highest BCUT2D eigenvalue weighted by Gasteiger charge is 2.63. The molecule has 2 unspecified atom stereocenters. The van der Waals surface area contributed by atoms with Crippen molar-refractivity contribution in [3.8, 4) is 0 Å². The van der Waals surface area contributed by atoms with Crippen LogP contribution >= 0.6 is 0 Å². The maximum atomic E-state index is 11.6. The topological polar surface area (TPSA) is 38.8 Å². The second kappa shape index (κ2) is 5.16. The smallest absolute Gasteiger partial charge is 0.331 e. The number of rotatable bonds is 1. The minimum absolute atomic E-state index is 0.116. The van der Waals surface area contributed by atoms with Gasteiger partial charge in [0.25, 0.3) is 0 Å². The van der Waals surface area contributed by atoms with Crippen LogP contribution in [0, 0.1) is 40.4 Å². The van der Waals surface area contributed by atoms with Crippen LogP contribution < -0.4 is 0 Å². The van der Waals surface area contributed by atoms with Crippen LogP contribution in [0.25, 0.3) is 0 Å². The third kappa shape index (κ3) is 2.02. The quantitative estimate of drug-likeness (QED) is 0.513. The van der Waals surface area contributed by atoms with Gasteiger partial charge < -0.3 is 9.47 Å². The molecule has 1 saturated heterocycles. The summed E-state index contributed by atoms with van der Waals surface area (Å²) >= 11 is 0. The van der Waals surface area contributed by atoms with E-state index >= 15 is 0 Å². The standard InChI is InChI=1S/C23H32O3/c1-22-8-7-18-15(4-3-14-10-19-20(26-19)11-23(14,18)2)17(22)6-5-16(22)13-9-21(24)25-12-13/h9,14-20H,3-8,10-12H2,1-2H3/t14-,15+,16-,17+,18+,19?,20?,22-,23+/m1/s1. The molecule has 4 aliphatic carbocycles. The molecule has 2 heterocycles. The molecule has 2 aliphatic heterocycles. The number of carbonyl (C=O) groups is 1. The predicted molar refractivity (Wildman–Crippen MR) is 98.3 cm³/mol. The van der Waals surface area contributed by atoms with Crippen molar-refractivity contribution >= 4 is 5.97 Å². The molecule has 6 rings (SSSR count). The highest BCUT2D eigenvalue weighted by Crippen LogP contribution is 2.69. The van der Waals surface area contributed by atoms with Crippen molar-refractivity contribution in [3.05, 3.63) is 11.6 Å². The van der Waals surface area contributed by atoms with Crippen LogP contribution in [0.2, 0.25) is 0 Å². The fourth-order valence-electron chi connectivity index (χ4n) is 8.72. The Morgan fingerprint density at radius 2 is 1.85 bits per heavy atom. The lowest BCUT2D eigenvalue weighted by molar-refractivity contribution is -0.135. The molecule has 0 N–H and O–H groups in total. The molecule has 0 aromatic rings. The van der Waals surface area contributed by atoms with Gasteiger partial charge in [0.1, 0.15) is 6.61 Å². The molecule has 0 aromatic carbocycles. The molecular formula is C23H32O3. The van der Waals surface area contributed by atoms with Crippen molar-refractivity contribution in [2.75, 3.05) is 6.61 Å². The van der Waals surface area contributed by atoms with Gasteiger partial charge in [0.15, 0.2) is 0 Å². The first-order valence-corrected chi connectivity index (χ1v) is 11.0. The lowest BCUT2D eigenvalue weighted by atomic mass is 9.44. The minimum Gasteiger partial charge on any atom is -0.458 e. The fourth-order valence-corrected chi connectivity index (χ4v) is 8.72. The Labute approximate surface area is 156 Å². The van der Waals surface area contributed by atoms with Crippen LogP contribution in [0.4, 0.5) is 0 Å². The molecule has 3 heteroatoms. The SMILES string of the molecule is C[C@]12CC3OC3C[C@H]1CC[C@@H]1[C@@H]2CC[C@]2(C)[C@@H](C3=CC(=O)OC3)CC[C@@H]12. The zero-order valence-corrected chi connectivity index (χ0v) is 16.2. The maximum Gasteiger partial charge on any atom is 0.331 e. The molecule has 0 bridgehead atoms. The van der Waals surface area contributed by atoms with E-state index in [0.29, 0.717) is 35.6 Å². The van der Waals surface area contributed by atoms with Gasteiger partial charge in [-0.3, -0.25) is 0 Å². The molecule has 0 aromatic heterocycles. The average molecular weight is 357 g/mol. The largest absolute Gasteiger partial charge is 0.458 e. The molecule has 26 heavy (non-hydrogen) atoms. The monoisotopic (exact) mass is 356 g/mol. The fraction of sp³-hybridized carbons (Fsp3) is 0.870. The van der Waals surface area contributed by atoms with E-state index in [4.69, 9.17) is 9.47 Å². The van der Waals surface area contributed by atoms with Gasteiger partial charge in [0.05, 0.1) is 12.2 Å². The Bertz CT molecular complexity index is 683. The second-order valence-corrected chi connectivity index (χ2v) is 10.8. The highest BCUT2D eigenvalue weighted by molar-refractivity contribution is 5.85. The van der Waals surface area contributed by atoms with Crippen LogP contribution in [-0.4, -0.2) is 24.8 Å². The molecule has 0 amide bonds. The normalized spacial score (nSPS) is 57.4. The van der Waals surface area contributed by atoms with E-state index in [-0.39, 0.29) is 5.97 Å². The van der Waals surface area contributed by atoms with Crippen molar-refractivity contribution in [1.29, 1.82) is 0 Å². The van der Waals surface area contributed by atoms with Gasteiger partial charge >= 0.3 is 5.97 Å². The summed E-state index contributed by atoms with van der Waals surface area (Å²) in [5.41, 5.74) is 2.20. The summed E-state index contributed by atoms with van der Waals surface area (Å²) in [4.78, 5) is 11.6. The van der Waals surface area contributed by atoms with Crippen molar-refractivity contribution < 1.29 is 14.3 Å². The Morgan fingerprint density at radius 1 is 1.00 bits per heavy atom. The molecular weight excluding hydrogens is 324 g/mol.